The minimum Gasteiger partial charge on any atom is -0.469 e. The molecule has 0 bridgehead atoms. The topological polar surface area (TPSA) is 109 Å². The molecule has 0 saturated carbocycles. The largest absolute Gasteiger partial charge is 0.469 e. The van der Waals surface area contributed by atoms with Gasteiger partial charge in [-0.15, -0.1) is 0 Å². The van der Waals surface area contributed by atoms with Crippen LogP contribution in [0.3, 0.4) is 0 Å². The number of carbonyl (C=O) groups excluding carboxylic acids is 1. The van der Waals surface area contributed by atoms with Crippen LogP contribution in [0.25, 0.3) is 0 Å². The quantitative estimate of drug-likeness (QED) is 0.485. The molecule has 0 unspecified atom stereocenters. The summed E-state index contributed by atoms with van der Waals surface area (Å²) in [5, 5.41) is 10.5. The molecule has 7 heteroatoms. The summed E-state index contributed by atoms with van der Waals surface area (Å²) in [6.07, 6.45) is 0. The number of hydrogen-bond donors (Lipinski definition) is 1. The smallest absolute Gasteiger partial charge is 0.433 e. The van der Waals surface area contributed by atoms with Gasteiger partial charge < -0.3 is 14.9 Å². The molecule has 0 aliphatic heterocycles. The highest BCUT2D eigenvalue weighted by molar-refractivity contribution is 5.76. The van der Waals surface area contributed by atoms with E-state index in [0.717, 1.165) is 0 Å². The molecule has 0 fully saturated rings. The second-order valence-electron chi connectivity index (χ2n) is 4.12. The fourth-order valence-corrected chi connectivity index (χ4v) is 1.35. The predicted octanol–water partition coefficient (Wildman–Crippen LogP) is 1.39. The zero-order chi connectivity index (χ0) is 13.2. The van der Waals surface area contributed by atoms with Crippen LogP contribution >= 0.6 is 0 Å². The summed E-state index contributed by atoms with van der Waals surface area (Å²) >= 11 is 0. The maximum Gasteiger partial charge on any atom is 0.433 e. The van der Waals surface area contributed by atoms with E-state index in [1.807, 2.05) is 0 Å². The van der Waals surface area contributed by atoms with Crippen molar-refractivity contribution >= 4 is 11.9 Å². The molecular weight excluding hydrogens is 228 g/mol. The van der Waals surface area contributed by atoms with Crippen molar-refractivity contribution in [2.24, 2.45) is 11.1 Å². The van der Waals surface area contributed by atoms with E-state index in [2.05, 4.69) is 4.74 Å². The normalized spacial score (nSPS) is 13.2. The maximum atomic E-state index is 11.5. The maximum absolute atomic E-state index is 11.5. The van der Waals surface area contributed by atoms with Crippen molar-refractivity contribution < 1.29 is 18.9 Å². The number of nitrogens with zero attached hydrogens (tertiary/aromatic N) is 1. The lowest BCUT2D eigenvalue weighted by molar-refractivity contribution is -0.402. The lowest BCUT2D eigenvalue weighted by Gasteiger charge is -2.26. The van der Waals surface area contributed by atoms with Crippen LogP contribution in [-0.2, 0) is 9.53 Å². The van der Waals surface area contributed by atoms with E-state index >= 15 is 0 Å². The Hall–Kier alpha value is -1.89. The van der Waals surface area contributed by atoms with Crippen LogP contribution in [0.2, 0.25) is 0 Å². The molecule has 2 N–H and O–H groups in total. The third-order valence-corrected chi connectivity index (χ3v) is 2.59. The summed E-state index contributed by atoms with van der Waals surface area (Å²) < 4.78 is 9.57. The summed E-state index contributed by atoms with van der Waals surface area (Å²) in [6, 6.07) is 1.76. The summed E-state index contributed by atoms with van der Waals surface area (Å²) in [4.78, 5) is 21.3. The Labute approximate surface area is 97.7 Å². The molecule has 0 aromatic carbocycles. The Morgan fingerprint density at radius 1 is 1.59 bits per heavy atom. The molecule has 1 aromatic rings. The first-order valence-corrected chi connectivity index (χ1v) is 4.88. The van der Waals surface area contributed by atoms with Gasteiger partial charge >= 0.3 is 11.9 Å². The molecule has 0 amide bonds. The number of nitro groups is 1. The van der Waals surface area contributed by atoms with E-state index in [0.29, 0.717) is 0 Å². The number of rotatable bonds is 4. The minimum absolute atomic E-state index is 0.173. The van der Waals surface area contributed by atoms with Crippen LogP contribution in [0.4, 0.5) is 5.88 Å². The molecule has 0 radical (unpaired) electrons. The van der Waals surface area contributed by atoms with E-state index in [1.54, 1.807) is 13.8 Å². The van der Waals surface area contributed by atoms with E-state index < -0.39 is 28.2 Å². The Morgan fingerprint density at radius 2 is 2.18 bits per heavy atom. The lowest BCUT2D eigenvalue weighted by atomic mass is 9.83. The van der Waals surface area contributed by atoms with Gasteiger partial charge in [-0.3, -0.25) is 14.9 Å². The van der Waals surface area contributed by atoms with Gasteiger partial charge in [-0.05, 0) is 19.9 Å². The molecule has 0 saturated heterocycles. The van der Waals surface area contributed by atoms with Gasteiger partial charge in [0.1, 0.15) is 10.7 Å². The van der Waals surface area contributed by atoms with E-state index in [9.17, 15) is 14.9 Å². The highest BCUT2D eigenvalue weighted by atomic mass is 16.6. The Kier molecular flexibility index (Phi) is 3.52. The lowest BCUT2D eigenvalue weighted by Crippen LogP contribution is -2.37. The first kappa shape index (κ1) is 13.2. The molecular formula is C10H14N2O5. The molecule has 7 nitrogen and oxygen atoms in total. The molecule has 1 rings (SSSR count). The SMILES string of the molecule is COC(=O)C(C)(C)[C@H](N)c1ccc([N+](=O)[O-])o1. The molecule has 94 valence electrons. The van der Waals surface area contributed by atoms with Gasteiger partial charge in [0.2, 0.25) is 0 Å². The highest BCUT2D eigenvalue weighted by Gasteiger charge is 2.38. The van der Waals surface area contributed by atoms with Crippen LogP contribution in [0.5, 0.6) is 0 Å². The van der Waals surface area contributed by atoms with Crippen molar-refractivity contribution in [3.05, 3.63) is 28.0 Å². The minimum atomic E-state index is -1.03. The van der Waals surface area contributed by atoms with E-state index in [4.69, 9.17) is 10.2 Å². The fourth-order valence-electron chi connectivity index (χ4n) is 1.35. The number of carbonyl (C=O) groups is 1. The van der Waals surface area contributed by atoms with Crippen LogP contribution in [-0.4, -0.2) is 18.0 Å². The molecule has 17 heavy (non-hydrogen) atoms. The van der Waals surface area contributed by atoms with Crippen molar-refractivity contribution in [2.45, 2.75) is 19.9 Å². The van der Waals surface area contributed by atoms with Gasteiger partial charge in [0.25, 0.3) is 0 Å². The molecule has 1 atom stereocenters. The average Bonchev–Trinajstić information content (AvgIpc) is 2.75. The van der Waals surface area contributed by atoms with E-state index in [-0.39, 0.29) is 5.76 Å². The third-order valence-electron chi connectivity index (χ3n) is 2.59. The van der Waals surface area contributed by atoms with Crippen LogP contribution in [0.1, 0.15) is 25.6 Å². The number of hydrogen-bond acceptors (Lipinski definition) is 6. The summed E-state index contributed by atoms with van der Waals surface area (Å²) in [6.45, 7) is 3.16. The van der Waals surface area contributed by atoms with Gasteiger partial charge in [0, 0.05) is 0 Å². The zero-order valence-electron chi connectivity index (χ0n) is 9.80. The number of ether oxygens (including phenoxy) is 1. The standard InChI is InChI=1S/C10H14N2O5/c1-10(2,9(13)16-3)8(11)6-4-5-7(17-6)12(14)15/h4-5,8H,11H2,1-3H3/t8-/m1/s1. The molecule has 0 aliphatic carbocycles. The van der Waals surface area contributed by atoms with Crippen LogP contribution < -0.4 is 5.73 Å². The summed E-state index contributed by atoms with van der Waals surface area (Å²) in [7, 11) is 1.25. The number of methoxy groups -OCH3 is 1. The number of esters is 1. The van der Waals surface area contributed by atoms with Crippen molar-refractivity contribution in [2.75, 3.05) is 7.11 Å². The van der Waals surface area contributed by atoms with Gasteiger partial charge in [-0.2, -0.15) is 0 Å². The number of furan rings is 1. The van der Waals surface area contributed by atoms with Gasteiger partial charge in [0.05, 0.1) is 24.6 Å². The molecule has 0 spiro atoms. The monoisotopic (exact) mass is 242 g/mol. The third kappa shape index (κ3) is 2.44. The Balaban J connectivity index is 2.99. The molecule has 1 heterocycles. The van der Waals surface area contributed by atoms with Gasteiger partial charge in [-0.25, -0.2) is 0 Å². The number of nitrogens with two attached hydrogens (primary N) is 1. The van der Waals surface area contributed by atoms with Gasteiger partial charge in [0.15, 0.2) is 0 Å². The van der Waals surface area contributed by atoms with Crippen molar-refractivity contribution in [3.63, 3.8) is 0 Å². The molecule has 1 aromatic heterocycles. The predicted molar refractivity (Wildman–Crippen MR) is 58.1 cm³/mol. The summed E-state index contributed by atoms with van der Waals surface area (Å²) in [5.74, 6) is -0.743. The average molecular weight is 242 g/mol. The molecule has 0 aliphatic rings. The Bertz CT molecular complexity index is 438. The summed E-state index contributed by atoms with van der Waals surface area (Å²) in [5.41, 5.74) is 4.82. The zero-order valence-corrected chi connectivity index (χ0v) is 9.80. The van der Waals surface area contributed by atoms with Crippen molar-refractivity contribution in [3.8, 4) is 0 Å². The van der Waals surface area contributed by atoms with Crippen LogP contribution in [0, 0.1) is 15.5 Å². The second-order valence-corrected chi connectivity index (χ2v) is 4.12. The second kappa shape index (κ2) is 4.54. The Morgan fingerprint density at radius 3 is 2.59 bits per heavy atom. The van der Waals surface area contributed by atoms with Crippen molar-refractivity contribution in [1.82, 2.24) is 0 Å². The van der Waals surface area contributed by atoms with Crippen molar-refractivity contribution in [1.29, 1.82) is 0 Å². The van der Waals surface area contributed by atoms with Gasteiger partial charge in [-0.1, -0.05) is 0 Å². The van der Waals surface area contributed by atoms with Crippen LogP contribution in [0.15, 0.2) is 16.5 Å². The highest BCUT2D eigenvalue weighted by Crippen LogP contribution is 2.34. The first-order valence-electron chi connectivity index (χ1n) is 4.88. The van der Waals surface area contributed by atoms with E-state index in [1.165, 1.54) is 19.2 Å². The fraction of sp³-hybridized carbons (Fsp3) is 0.500. The first-order chi connectivity index (χ1) is 7.80.